The van der Waals surface area contributed by atoms with Crippen molar-refractivity contribution in [3.05, 3.63) is 113 Å². The molecule has 12 heteroatoms. The van der Waals surface area contributed by atoms with Crippen LogP contribution in [0.2, 0.25) is 0 Å². The third kappa shape index (κ3) is 9.25. The first-order valence-electron chi connectivity index (χ1n) is 16.6. The van der Waals surface area contributed by atoms with Crippen molar-refractivity contribution in [1.29, 1.82) is 0 Å². The number of para-hydroxylation sites is 1. The van der Waals surface area contributed by atoms with Gasteiger partial charge in [0.2, 0.25) is 5.91 Å². The smallest absolute Gasteiger partial charge is 0.416 e. The highest BCUT2D eigenvalue weighted by Crippen LogP contribution is 2.36. The number of halogens is 4. The van der Waals surface area contributed by atoms with Crippen LogP contribution in [0.1, 0.15) is 40.9 Å². The number of carbonyl (C=O) groups excluding carboxylic acids is 2. The van der Waals surface area contributed by atoms with E-state index in [1.54, 1.807) is 36.1 Å². The number of methoxy groups -OCH3 is 1. The minimum absolute atomic E-state index is 0.179. The van der Waals surface area contributed by atoms with Crippen LogP contribution in [0, 0.1) is 11.7 Å². The van der Waals surface area contributed by atoms with E-state index in [0.717, 1.165) is 23.3 Å². The van der Waals surface area contributed by atoms with Crippen LogP contribution < -0.4 is 14.8 Å². The standard InChI is InChI=1S/C39H41F4N3O5/c1-24-20-46(25(2)23-47)38(49)33-6-5-7-34(44-36(48)16-26-10-14-30(15-11-26)39(41,42)43)37(33)51-35(24)22-45(3)21-27-8-12-28(13-9-27)29-17-31(40)19-32(18-29)50-4/h5-15,17-19,24-25,35,47H,16,20-23H2,1-4H3,(H,44,48)/t24-,25+,35-/m1/s1. The number of hydrogen-bond donors (Lipinski definition) is 2. The largest absolute Gasteiger partial charge is 0.497 e. The van der Waals surface area contributed by atoms with Gasteiger partial charge in [0.05, 0.1) is 43.0 Å². The molecular formula is C39H41F4N3O5. The number of carbonyl (C=O) groups is 2. The molecule has 4 aromatic carbocycles. The Kier molecular flexibility index (Phi) is 11.7. The van der Waals surface area contributed by atoms with Gasteiger partial charge >= 0.3 is 6.18 Å². The maximum absolute atomic E-state index is 14.1. The molecule has 8 nitrogen and oxygen atoms in total. The number of aliphatic hydroxyl groups excluding tert-OH is 1. The SMILES string of the molecule is COc1cc(F)cc(-c2ccc(CN(C)C[C@H]3Oc4c(NC(=O)Cc5ccc(C(F)(F)F)cc5)cccc4C(=O)N([C@@H](C)CO)C[C@H]3C)cc2)c1. The minimum Gasteiger partial charge on any atom is -0.497 e. The molecule has 0 saturated carbocycles. The average Bonchev–Trinajstić information content (AvgIpc) is 3.09. The summed E-state index contributed by atoms with van der Waals surface area (Å²) in [5.74, 6) is -0.834. The summed E-state index contributed by atoms with van der Waals surface area (Å²) in [7, 11) is 3.43. The quantitative estimate of drug-likeness (QED) is 0.163. The Labute approximate surface area is 294 Å². The molecule has 2 N–H and O–H groups in total. The maximum Gasteiger partial charge on any atom is 0.416 e. The molecule has 0 spiro atoms. The van der Waals surface area contributed by atoms with Gasteiger partial charge in [0.25, 0.3) is 5.91 Å². The maximum atomic E-state index is 14.1. The van der Waals surface area contributed by atoms with Crippen molar-refractivity contribution in [2.75, 3.05) is 39.2 Å². The highest BCUT2D eigenvalue weighted by molar-refractivity contribution is 6.02. The first kappa shape index (κ1) is 37.3. The molecule has 0 radical (unpaired) electrons. The molecule has 1 heterocycles. The Bertz CT molecular complexity index is 1830. The van der Waals surface area contributed by atoms with Crippen LogP contribution in [0.25, 0.3) is 11.1 Å². The van der Waals surface area contributed by atoms with E-state index in [2.05, 4.69) is 10.2 Å². The summed E-state index contributed by atoms with van der Waals surface area (Å²) in [4.78, 5) is 30.7. The summed E-state index contributed by atoms with van der Waals surface area (Å²) in [5, 5.41) is 12.8. The van der Waals surface area contributed by atoms with Crippen molar-refractivity contribution in [3.8, 4) is 22.6 Å². The normalized spacial score (nSPS) is 16.9. The van der Waals surface area contributed by atoms with Crippen LogP contribution in [0.4, 0.5) is 23.2 Å². The summed E-state index contributed by atoms with van der Waals surface area (Å²) < 4.78 is 65.0. The van der Waals surface area contributed by atoms with Crippen molar-refractivity contribution < 1.29 is 41.7 Å². The van der Waals surface area contributed by atoms with Gasteiger partial charge in [-0.05, 0) is 72.6 Å². The van der Waals surface area contributed by atoms with Crippen molar-refractivity contribution >= 4 is 17.5 Å². The van der Waals surface area contributed by atoms with Gasteiger partial charge in [-0.1, -0.05) is 49.4 Å². The number of benzene rings is 4. The Morgan fingerprint density at radius 2 is 1.73 bits per heavy atom. The molecule has 1 aliphatic rings. The third-order valence-corrected chi connectivity index (χ3v) is 8.95. The number of ether oxygens (including phenoxy) is 2. The number of alkyl halides is 3. The minimum atomic E-state index is -4.49. The van der Waals surface area contributed by atoms with Crippen LogP contribution in [0.15, 0.2) is 84.9 Å². The lowest BCUT2D eigenvalue weighted by molar-refractivity contribution is -0.137. The molecule has 51 heavy (non-hydrogen) atoms. The molecule has 0 unspecified atom stereocenters. The fourth-order valence-electron chi connectivity index (χ4n) is 6.08. The van der Waals surface area contributed by atoms with E-state index < -0.39 is 35.6 Å². The average molecular weight is 708 g/mol. The van der Waals surface area contributed by atoms with Crippen molar-refractivity contribution in [1.82, 2.24) is 9.80 Å². The molecule has 270 valence electrons. The lowest BCUT2D eigenvalue weighted by Crippen LogP contribution is -2.49. The van der Waals surface area contributed by atoms with Gasteiger partial charge in [0.1, 0.15) is 17.7 Å². The van der Waals surface area contributed by atoms with Crippen LogP contribution >= 0.6 is 0 Å². The van der Waals surface area contributed by atoms with Crippen LogP contribution in [0.3, 0.4) is 0 Å². The van der Waals surface area contributed by atoms with Gasteiger partial charge in [-0.2, -0.15) is 13.2 Å². The second kappa shape index (κ2) is 15.9. The molecule has 1 aliphatic heterocycles. The monoisotopic (exact) mass is 707 g/mol. The van der Waals surface area contributed by atoms with Crippen molar-refractivity contribution in [2.24, 2.45) is 5.92 Å². The summed E-state index contributed by atoms with van der Waals surface area (Å²) in [5.41, 5.74) is 2.58. The number of rotatable bonds is 11. The van der Waals surface area contributed by atoms with Crippen molar-refractivity contribution in [3.63, 3.8) is 0 Å². The number of aliphatic hydroxyl groups is 1. The molecule has 0 fully saturated rings. The summed E-state index contributed by atoms with van der Waals surface area (Å²) in [6, 6.07) is 21.0. The Balaban J connectivity index is 1.36. The fraction of sp³-hybridized carbons (Fsp3) is 0.333. The van der Waals surface area contributed by atoms with Gasteiger partial charge in [0, 0.05) is 31.6 Å². The van der Waals surface area contributed by atoms with Crippen LogP contribution in [0.5, 0.6) is 11.5 Å². The number of fused-ring (bicyclic) bond motifs is 1. The number of hydrogen-bond acceptors (Lipinski definition) is 6. The number of nitrogens with one attached hydrogen (secondary N) is 1. The summed E-state index contributed by atoms with van der Waals surface area (Å²) >= 11 is 0. The van der Waals surface area contributed by atoms with E-state index in [9.17, 15) is 32.3 Å². The Morgan fingerprint density at radius 3 is 2.37 bits per heavy atom. The molecule has 4 aromatic rings. The highest BCUT2D eigenvalue weighted by Gasteiger charge is 2.35. The van der Waals surface area contributed by atoms with Crippen LogP contribution in [-0.4, -0.2) is 72.7 Å². The molecule has 0 saturated heterocycles. The third-order valence-electron chi connectivity index (χ3n) is 8.95. The molecule has 5 rings (SSSR count). The Hall–Kier alpha value is -4.94. The second-order valence-corrected chi connectivity index (χ2v) is 13.0. The van der Waals surface area contributed by atoms with E-state index in [-0.39, 0.29) is 41.9 Å². The van der Waals surface area contributed by atoms with E-state index >= 15 is 0 Å². The Morgan fingerprint density at radius 1 is 1.04 bits per heavy atom. The topological polar surface area (TPSA) is 91.3 Å². The number of anilines is 1. The summed E-state index contributed by atoms with van der Waals surface area (Å²) in [6.45, 7) is 4.77. The number of amides is 2. The lowest BCUT2D eigenvalue weighted by Gasteiger charge is -2.38. The van der Waals surface area contributed by atoms with Gasteiger partial charge in [-0.3, -0.25) is 14.5 Å². The molecule has 0 aliphatic carbocycles. The van der Waals surface area contributed by atoms with Gasteiger partial charge in [-0.15, -0.1) is 0 Å². The number of likely N-dealkylation sites (N-methyl/N-ethyl adjacent to an activating group) is 1. The predicted octanol–water partition coefficient (Wildman–Crippen LogP) is 7.05. The van der Waals surface area contributed by atoms with Gasteiger partial charge in [-0.25, -0.2) is 4.39 Å². The van der Waals surface area contributed by atoms with Crippen LogP contribution in [-0.2, 0) is 23.9 Å². The van der Waals surface area contributed by atoms with Gasteiger partial charge < -0.3 is 24.8 Å². The summed E-state index contributed by atoms with van der Waals surface area (Å²) in [6.07, 6.45) is -5.14. The van der Waals surface area contributed by atoms with Crippen molar-refractivity contribution in [2.45, 2.75) is 45.1 Å². The lowest BCUT2D eigenvalue weighted by atomic mass is 9.98. The fourth-order valence-corrected chi connectivity index (χ4v) is 6.08. The zero-order chi connectivity index (χ0) is 36.9. The van der Waals surface area contributed by atoms with E-state index in [0.29, 0.717) is 36.5 Å². The molecule has 2 amide bonds. The molecule has 0 aromatic heterocycles. The first-order chi connectivity index (χ1) is 24.2. The molecule has 0 bridgehead atoms. The van der Waals surface area contributed by atoms with E-state index in [1.165, 1.54) is 31.4 Å². The first-order valence-corrected chi connectivity index (χ1v) is 16.6. The predicted molar refractivity (Wildman–Crippen MR) is 186 cm³/mol. The molecular weight excluding hydrogens is 666 g/mol. The zero-order valence-corrected chi connectivity index (χ0v) is 28.8. The number of nitrogens with zero attached hydrogens (tertiary/aromatic N) is 2. The molecule has 3 atom stereocenters. The van der Waals surface area contributed by atoms with E-state index in [4.69, 9.17) is 9.47 Å². The van der Waals surface area contributed by atoms with Gasteiger partial charge in [0.15, 0.2) is 5.75 Å². The zero-order valence-electron chi connectivity index (χ0n) is 28.8. The second-order valence-electron chi connectivity index (χ2n) is 13.0. The van der Waals surface area contributed by atoms with E-state index in [1.807, 2.05) is 38.2 Å². The highest BCUT2D eigenvalue weighted by atomic mass is 19.4.